The molecule has 7 nitrogen and oxygen atoms in total. The molecule has 0 bridgehead atoms. The fourth-order valence-electron chi connectivity index (χ4n) is 5.66. The molecule has 2 saturated carbocycles. The van der Waals surface area contributed by atoms with Crippen molar-refractivity contribution in [3.8, 4) is 6.07 Å². The van der Waals surface area contributed by atoms with Crippen LogP contribution in [0.5, 0.6) is 0 Å². The molecule has 0 spiro atoms. The number of rotatable bonds is 6. The number of alkyl halides is 4. The van der Waals surface area contributed by atoms with Gasteiger partial charge in [0.25, 0.3) is 0 Å². The Morgan fingerprint density at radius 2 is 2.03 bits per heavy atom. The highest BCUT2D eigenvalue weighted by atomic mass is 19.4. The van der Waals surface area contributed by atoms with Gasteiger partial charge in [-0.3, -0.25) is 15.0 Å². The van der Waals surface area contributed by atoms with Gasteiger partial charge < -0.3 is 16.4 Å². The first kappa shape index (κ1) is 24.6. The van der Waals surface area contributed by atoms with E-state index < -0.39 is 42.2 Å². The van der Waals surface area contributed by atoms with Crippen LogP contribution in [0.25, 0.3) is 0 Å². The number of nitrogens with zero attached hydrogens (tertiary/aromatic N) is 2. The third-order valence-electron chi connectivity index (χ3n) is 8.08. The van der Waals surface area contributed by atoms with E-state index in [4.69, 9.17) is 5.73 Å². The van der Waals surface area contributed by atoms with Crippen molar-refractivity contribution >= 4 is 5.91 Å². The van der Waals surface area contributed by atoms with E-state index in [2.05, 4.69) is 26.9 Å². The van der Waals surface area contributed by atoms with Crippen molar-refractivity contribution in [1.82, 2.24) is 20.9 Å². The van der Waals surface area contributed by atoms with Gasteiger partial charge in [0.05, 0.1) is 24.3 Å². The van der Waals surface area contributed by atoms with Crippen molar-refractivity contribution in [2.45, 2.75) is 63.2 Å². The standard InChI is InChI=1S/C22H34F4N6O/c23-17-7-15(22(24,25)26)1-2-16(17)18-29-9-14(10-30-20(33)21(12-28)4-5-21)19(31-18)32-6-3-13(8-27)11-32/h13-19,29,31H,1-11,27H2,(H,30,33). The first-order valence-corrected chi connectivity index (χ1v) is 12.0. The number of nitrogens with two attached hydrogens (primary N) is 1. The Morgan fingerprint density at radius 3 is 2.61 bits per heavy atom. The van der Waals surface area contributed by atoms with E-state index in [-0.39, 0.29) is 30.8 Å². The molecule has 1 amide bonds. The highest BCUT2D eigenvalue weighted by Gasteiger charge is 2.51. The van der Waals surface area contributed by atoms with Crippen LogP contribution in [0.1, 0.15) is 38.5 Å². The molecule has 7 unspecified atom stereocenters. The van der Waals surface area contributed by atoms with Gasteiger partial charge in [0, 0.05) is 38.0 Å². The normalized spacial score (nSPS) is 39.1. The molecular weight excluding hydrogens is 440 g/mol. The van der Waals surface area contributed by atoms with Gasteiger partial charge in [0.15, 0.2) is 0 Å². The summed E-state index contributed by atoms with van der Waals surface area (Å²) in [6.45, 7) is 3.04. The van der Waals surface area contributed by atoms with Gasteiger partial charge in [-0.05, 0) is 51.0 Å². The van der Waals surface area contributed by atoms with Crippen LogP contribution in [0.15, 0.2) is 0 Å². The Labute approximate surface area is 191 Å². The van der Waals surface area contributed by atoms with Crippen molar-refractivity contribution in [1.29, 1.82) is 5.26 Å². The molecule has 0 aromatic heterocycles. The fourth-order valence-corrected chi connectivity index (χ4v) is 5.66. The van der Waals surface area contributed by atoms with Crippen LogP contribution in [-0.2, 0) is 4.79 Å². The summed E-state index contributed by atoms with van der Waals surface area (Å²) in [5, 5.41) is 18.9. The van der Waals surface area contributed by atoms with E-state index in [9.17, 15) is 27.6 Å². The van der Waals surface area contributed by atoms with Gasteiger partial charge in [-0.2, -0.15) is 18.4 Å². The van der Waals surface area contributed by atoms with Gasteiger partial charge in [-0.25, -0.2) is 4.39 Å². The lowest BCUT2D eigenvalue weighted by Crippen LogP contribution is -2.68. The second kappa shape index (κ2) is 9.64. The van der Waals surface area contributed by atoms with Crippen molar-refractivity contribution in [3.63, 3.8) is 0 Å². The van der Waals surface area contributed by atoms with Gasteiger partial charge in [-0.15, -0.1) is 0 Å². The predicted molar refractivity (Wildman–Crippen MR) is 113 cm³/mol. The average molecular weight is 475 g/mol. The third-order valence-corrected chi connectivity index (χ3v) is 8.08. The zero-order valence-corrected chi connectivity index (χ0v) is 18.7. The zero-order chi connectivity index (χ0) is 23.8. The number of nitriles is 1. The monoisotopic (exact) mass is 474 g/mol. The van der Waals surface area contributed by atoms with Gasteiger partial charge in [-0.1, -0.05) is 0 Å². The number of amides is 1. The van der Waals surface area contributed by atoms with Crippen molar-refractivity contribution < 1.29 is 22.4 Å². The summed E-state index contributed by atoms with van der Waals surface area (Å²) in [7, 11) is 0. The highest BCUT2D eigenvalue weighted by molar-refractivity contribution is 5.88. The van der Waals surface area contributed by atoms with Crippen molar-refractivity contribution in [3.05, 3.63) is 0 Å². The molecule has 186 valence electrons. The molecule has 2 aliphatic carbocycles. The Kier molecular flexibility index (Phi) is 7.20. The molecule has 0 radical (unpaired) electrons. The number of nitrogens with one attached hydrogen (secondary N) is 3. The van der Waals surface area contributed by atoms with Crippen LogP contribution in [-0.4, -0.2) is 68.2 Å². The zero-order valence-electron chi connectivity index (χ0n) is 18.7. The number of carbonyl (C=O) groups excluding carboxylic acids is 1. The van der Waals surface area contributed by atoms with Gasteiger partial charge in [0.2, 0.25) is 5.91 Å². The lowest BCUT2D eigenvalue weighted by atomic mass is 9.78. The largest absolute Gasteiger partial charge is 0.391 e. The number of likely N-dealkylation sites (tertiary alicyclic amines) is 1. The van der Waals surface area contributed by atoms with Crippen LogP contribution in [0.2, 0.25) is 0 Å². The second-order valence-corrected chi connectivity index (χ2v) is 10.3. The molecule has 2 saturated heterocycles. The molecule has 0 aromatic carbocycles. The number of halogens is 4. The molecule has 4 fully saturated rings. The third kappa shape index (κ3) is 5.29. The number of hydrogen-bond donors (Lipinski definition) is 4. The van der Waals surface area contributed by atoms with Crippen LogP contribution in [0, 0.1) is 40.4 Å². The Morgan fingerprint density at radius 1 is 1.27 bits per heavy atom. The molecule has 4 rings (SSSR count). The lowest BCUT2D eigenvalue weighted by molar-refractivity contribution is -0.191. The first-order chi connectivity index (χ1) is 15.7. The summed E-state index contributed by atoms with van der Waals surface area (Å²) < 4.78 is 54.1. The molecule has 2 aliphatic heterocycles. The van der Waals surface area contributed by atoms with E-state index in [0.717, 1.165) is 19.5 Å². The van der Waals surface area contributed by atoms with Crippen LogP contribution in [0.3, 0.4) is 0 Å². The molecule has 2 heterocycles. The summed E-state index contributed by atoms with van der Waals surface area (Å²) in [5.41, 5.74) is 4.95. The molecule has 0 aromatic rings. The van der Waals surface area contributed by atoms with Crippen LogP contribution < -0.4 is 21.7 Å². The molecule has 5 N–H and O–H groups in total. The van der Waals surface area contributed by atoms with Crippen molar-refractivity contribution in [2.75, 3.05) is 32.7 Å². The maximum atomic E-state index is 14.9. The van der Waals surface area contributed by atoms with E-state index in [1.807, 2.05) is 0 Å². The summed E-state index contributed by atoms with van der Waals surface area (Å²) in [6, 6.07) is 2.10. The fraction of sp³-hybridized carbons (Fsp3) is 0.909. The average Bonchev–Trinajstić information content (AvgIpc) is 3.46. The van der Waals surface area contributed by atoms with E-state index >= 15 is 0 Å². The van der Waals surface area contributed by atoms with Gasteiger partial charge in [0.1, 0.15) is 11.6 Å². The summed E-state index contributed by atoms with van der Waals surface area (Å²) in [6.07, 6.45) is -4.77. The molecular formula is C22H34F4N6O. The summed E-state index contributed by atoms with van der Waals surface area (Å²) in [4.78, 5) is 14.7. The maximum absolute atomic E-state index is 14.9. The smallest absolute Gasteiger partial charge is 0.354 e. The Bertz CT molecular complexity index is 754. The van der Waals surface area contributed by atoms with E-state index in [1.54, 1.807) is 0 Å². The Balaban J connectivity index is 1.40. The highest BCUT2D eigenvalue weighted by Crippen LogP contribution is 2.45. The SMILES string of the molecule is N#CC1(C(=O)NCC2CNC(C3CCC(C(F)(F)F)CC3F)NC2N2CCC(CN)C2)CC1. The maximum Gasteiger partial charge on any atom is 0.391 e. The molecule has 11 heteroatoms. The molecule has 4 aliphatic rings. The predicted octanol–water partition coefficient (Wildman–Crippen LogP) is 1.46. The molecule has 7 atom stereocenters. The Hall–Kier alpha value is -1.48. The topological polar surface area (TPSA) is 106 Å². The first-order valence-electron chi connectivity index (χ1n) is 12.0. The van der Waals surface area contributed by atoms with Crippen molar-refractivity contribution in [2.24, 2.45) is 34.8 Å². The van der Waals surface area contributed by atoms with Crippen LogP contribution >= 0.6 is 0 Å². The van der Waals surface area contributed by atoms with E-state index in [1.165, 1.54) is 0 Å². The number of hydrogen-bond acceptors (Lipinski definition) is 6. The second-order valence-electron chi connectivity index (χ2n) is 10.3. The minimum atomic E-state index is -4.36. The minimum Gasteiger partial charge on any atom is -0.354 e. The quantitative estimate of drug-likeness (QED) is 0.435. The van der Waals surface area contributed by atoms with Gasteiger partial charge >= 0.3 is 6.18 Å². The lowest BCUT2D eigenvalue weighted by Gasteiger charge is -2.47. The minimum absolute atomic E-state index is 0.0270. The summed E-state index contributed by atoms with van der Waals surface area (Å²) >= 11 is 0. The summed E-state index contributed by atoms with van der Waals surface area (Å²) in [5.74, 6) is -2.03. The van der Waals surface area contributed by atoms with Crippen LogP contribution in [0.4, 0.5) is 17.6 Å². The van der Waals surface area contributed by atoms with E-state index in [0.29, 0.717) is 38.4 Å². The number of carbonyl (C=O) groups is 1. The molecule has 33 heavy (non-hydrogen) atoms.